The first kappa shape index (κ1) is 11.6. The molecule has 0 saturated carbocycles. The molecule has 2 amide bonds. The fourth-order valence-electron chi connectivity index (χ4n) is 1.75. The third-order valence-corrected chi connectivity index (χ3v) is 2.73. The SMILES string of the molecule is Cc1nc(CCN2C(=O)CNC(=O)C2C)no1. The summed E-state index contributed by atoms with van der Waals surface area (Å²) in [5.41, 5.74) is 0. The van der Waals surface area contributed by atoms with Crippen LogP contribution in [0, 0.1) is 6.92 Å². The molecule has 1 saturated heterocycles. The molecular formula is C10H14N4O3. The largest absolute Gasteiger partial charge is 0.345 e. The third-order valence-electron chi connectivity index (χ3n) is 2.73. The molecule has 1 aliphatic rings. The summed E-state index contributed by atoms with van der Waals surface area (Å²) in [6, 6.07) is -0.441. The minimum atomic E-state index is -0.441. The van der Waals surface area contributed by atoms with Crippen molar-refractivity contribution >= 4 is 11.8 Å². The molecule has 1 aromatic rings. The van der Waals surface area contributed by atoms with E-state index in [1.54, 1.807) is 13.8 Å². The molecule has 2 heterocycles. The van der Waals surface area contributed by atoms with E-state index in [-0.39, 0.29) is 18.4 Å². The van der Waals surface area contributed by atoms with E-state index in [2.05, 4.69) is 15.5 Å². The van der Waals surface area contributed by atoms with E-state index in [0.29, 0.717) is 24.7 Å². The van der Waals surface area contributed by atoms with Gasteiger partial charge in [0, 0.05) is 19.9 Å². The fourth-order valence-corrected chi connectivity index (χ4v) is 1.75. The second kappa shape index (κ2) is 4.52. The average Bonchev–Trinajstić information content (AvgIpc) is 2.70. The van der Waals surface area contributed by atoms with E-state index < -0.39 is 6.04 Å². The molecule has 0 bridgehead atoms. The highest BCUT2D eigenvalue weighted by Gasteiger charge is 2.30. The Morgan fingerprint density at radius 2 is 2.29 bits per heavy atom. The number of hydrogen-bond donors (Lipinski definition) is 1. The van der Waals surface area contributed by atoms with Crippen LogP contribution in [-0.2, 0) is 16.0 Å². The van der Waals surface area contributed by atoms with Crippen LogP contribution >= 0.6 is 0 Å². The Balaban J connectivity index is 1.97. The summed E-state index contributed by atoms with van der Waals surface area (Å²) in [4.78, 5) is 28.6. The molecule has 7 heteroatoms. The summed E-state index contributed by atoms with van der Waals surface area (Å²) in [5, 5.41) is 6.28. The molecule has 0 aromatic carbocycles. The van der Waals surface area contributed by atoms with Crippen LogP contribution in [-0.4, -0.2) is 46.0 Å². The second-order valence-corrected chi connectivity index (χ2v) is 3.96. The molecule has 92 valence electrons. The van der Waals surface area contributed by atoms with Gasteiger partial charge in [0.05, 0.1) is 6.54 Å². The summed E-state index contributed by atoms with van der Waals surface area (Å²) in [5.74, 6) is 0.829. The minimum absolute atomic E-state index is 0.0639. The van der Waals surface area contributed by atoms with Crippen LogP contribution in [0.1, 0.15) is 18.6 Å². The van der Waals surface area contributed by atoms with Crippen LogP contribution in [0.5, 0.6) is 0 Å². The molecule has 2 rings (SSSR count). The standard InChI is InChI=1S/C10H14N4O3/c1-6-10(16)11-5-9(15)14(6)4-3-8-12-7(2)17-13-8/h6H,3-5H2,1-2H3,(H,11,16). The van der Waals surface area contributed by atoms with Crippen LogP contribution in [0.3, 0.4) is 0 Å². The first-order valence-corrected chi connectivity index (χ1v) is 5.44. The molecule has 7 nitrogen and oxygen atoms in total. The van der Waals surface area contributed by atoms with Gasteiger partial charge in [0.2, 0.25) is 17.7 Å². The van der Waals surface area contributed by atoms with Gasteiger partial charge in [-0.25, -0.2) is 0 Å². The summed E-state index contributed by atoms with van der Waals surface area (Å²) >= 11 is 0. The predicted octanol–water partition coefficient (Wildman–Crippen LogP) is -0.733. The lowest BCUT2D eigenvalue weighted by molar-refractivity contribution is -0.144. The van der Waals surface area contributed by atoms with E-state index in [1.807, 2.05) is 0 Å². The molecule has 0 radical (unpaired) electrons. The molecule has 0 spiro atoms. The van der Waals surface area contributed by atoms with Gasteiger partial charge in [0.15, 0.2) is 5.82 Å². The topological polar surface area (TPSA) is 88.3 Å². The van der Waals surface area contributed by atoms with Crippen molar-refractivity contribution in [2.75, 3.05) is 13.1 Å². The van der Waals surface area contributed by atoms with E-state index in [4.69, 9.17) is 4.52 Å². The van der Waals surface area contributed by atoms with E-state index in [0.717, 1.165) is 0 Å². The van der Waals surface area contributed by atoms with E-state index >= 15 is 0 Å². The van der Waals surface area contributed by atoms with Crippen molar-refractivity contribution in [3.8, 4) is 0 Å². The first-order valence-electron chi connectivity index (χ1n) is 5.44. The molecule has 1 N–H and O–H groups in total. The number of carbonyl (C=O) groups excluding carboxylic acids is 2. The number of piperazine rings is 1. The minimum Gasteiger partial charge on any atom is -0.345 e. The number of hydrogen-bond acceptors (Lipinski definition) is 5. The van der Waals surface area contributed by atoms with Gasteiger partial charge >= 0.3 is 0 Å². The number of nitrogens with zero attached hydrogens (tertiary/aromatic N) is 3. The predicted molar refractivity (Wildman–Crippen MR) is 56.9 cm³/mol. The zero-order valence-corrected chi connectivity index (χ0v) is 9.77. The van der Waals surface area contributed by atoms with Gasteiger partial charge in [-0.3, -0.25) is 9.59 Å². The summed E-state index contributed by atoms with van der Waals surface area (Å²) in [6.07, 6.45) is 0.487. The maximum atomic E-state index is 11.6. The van der Waals surface area contributed by atoms with Crippen LogP contribution in [0.2, 0.25) is 0 Å². The maximum Gasteiger partial charge on any atom is 0.242 e. The van der Waals surface area contributed by atoms with Gasteiger partial charge in [0.25, 0.3) is 0 Å². The van der Waals surface area contributed by atoms with Gasteiger partial charge in [-0.1, -0.05) is 5.16 Å². The number of carbonyl (C=O) groups is 2. The molecule has 1 aromatic heterocycles. The van der Waals surface area contributed by atoms with Crippen molar-refractivity contribution < 1.29 is 14.1 Å². The first-order chi connectivity index (χ1) is 8.08. The van der Waals surface area contributed by atoms with Gasteiger partial charge in [0.1, 0.15) is 6.04 Å². The fraction of sp³-hybridized carbons (Fsp3) is 0.600. The molecule has 17 heavy (non-hydrogen) atoms. The average molecular weight is 238 g/mol. The summed E-state index contributed by atoms with van der Waals surface area (Å²) < 4.78 is 4.84. The Hall–Kier alpha value is -1.92. The van der Waals surface area contributed by atoms with Crippen LogP contribution < -0.4 is 5.32 Å². The Labute approximate surface area is 98.2 Å². The maximum absolute atomic E-state index is 11.6. The number of rotatable bonds is 3. The summed E-state index contributed by atoms with van der Waals surface area (Å²) in [7, 11) is 0. The number of aromatic nitrogens is 2. The van der Waals surface area contributed by atoms with E-state index in [9.17, 15) is 9.59 Å². The Morgan fingerprint density at radius 1 is 1.53 bits per heavy atom. The van der Waals surface area contributed by atoms with Crippen molar-refractivity contribution in [3.63, 3.8) is 0 Å². The molecule has 1 fully saturated rings. The highest BCUT2D eigenvalue weighted by molar-refractivity contribution is 5.94. The monoisotopic (exact) mass is 238 g/mol. The molecule has 1 atom stereocenters. The van der Waals surface area contributed by atoms with Crippen molar-refractivity contribution in [3.05, 3.63) is 11.7 Å². The molecular weight excluding hydrogens is 224 g/mol. The zero-order valence-electron chi connectivity index (χ0n) is 9.77. The molecule has 1 aliphatic heterocycles. The Morgan fingerprint density at radius 3 is 2.94 bits per heavy atom. The normalized spacial score (nSPS) is 20.6. The third kappa shape index (κ3) is 2.43. The van der Waals surface area contributed by atoms with Crippen LogP contribution in [0.25, 0.3) is 0 Å². The lowest BCUT2D eigenvalue weighted by Gasteiger charge is -2.32. The smallest absolute Gasteiger partial charge is 0.242 e. The van der Waals surface area contributed by atoms with Gasteiger partial charge in [-0.2, -0.15) is 4.98 Å². The molecule has 1 unspecified atom stereocenters. The number of amides is 2. The van der Waals surface area contributed by atoms with Crippen molar-refractivity contribution in [1.29, 1.82) is 0 Å². The highest BCUT2D eigenvalue weighted by atomic mass is 16.5. The second-order valence-electron chi connectivity index (χ2n) is 3.96. The quantitative estimate of drug-likeness (QED) is 0.749. The van der Waals surface area contributed by atoms with Crippen molar-refractivity contribution in [2.24, 2.45) is 0 Å². The van der Waals surface area contributed by atoms with Gasteiger partial charge < -0.3 is 14.7 Å². The van der Waals surface area contributed by atoms with Crippen molar-refractivity contribution in [1.82, 2.24) is 20.4 Å². The molecule has 0 aliphatic carbocycles. The van der Waals surface area contributed by atoms with Gasteiger partial charge in [-0.15, -0.1) is 0 Å². The van der Waals surface area contributed by atoms with Crippen LogP contribution in [0.15, 0.2) is 4.52 Å². The Bertz CT molecular complexity index is 443. The van der Waals surface area contributed by atoms with Crippen molar-refractivity contribution in [2.45, 2.75) is 26.3 Å². The number of aryl methyl sites for hydroxylation is 1. The summed E-state index contributed by atoms with van der Waals surface area (Å²) in [6.45, 7) is 3.90. The Kier molecular flexibility index (Phi) is 3.08. The lowest BCUT2D eigenvalue weighted by atomic mass is 10.2. The lowest BCUT2D eigenvalue weighted by Crippen LogP contribution is -2.57. The number of nitrogens with one attached hydrogen (secondary N) is 1. The van der Waals surface area contributed by atoms with Crippen LogP contribution in [0.4, 0.5) is 0 Å². The highest BCUT2D eigenvalue weighted by Crippen LogP contribution is 2.07. The zero-order chi connectivity index (χ0) is 12.4. The van der Waals surface area contributed by atoms with Gasteiger partial charge in [-0.05, 0) is 6.92 Å². The van der Waals surface area contributed by atoms with E-state index in [1.165, 1.54) is 4.90 Å².